The average molecular weight is 277 g/mol. The zero-order chi connectivity index (χ0) is 14.8. The van der Waals surface area contributed by atoms with Crippen molar-refractivity contribution in [2.45, 2.75) is 19.4 Å². The van der Waals surface area contributed by atoms with Gasteiger partial charge in [0.25, 0.3) is 0 Å². The van der Waals surface area contributed by atoms with E-state index in [0.717, 1.165) is 26.2 Å². The van der Waals surface area contributed by atoms with Crippen LogP contribution in [0.25, 0.3) is 0 Å². The van der Waals surface area contributed by atoms with E-state index in [2.05, 4.69) is 4.90 Å². The molecule has 1 heterocycles. The minimum absolute atomic E-state index is 0.340. The molecule has 108 valence electrons. The quantitative estimate of drug-likeness (QED) is 0.911. The number of piperazine rings is 1. The van der Waals surface area contributed by atoms with Gasteiger partial charge in [-0.1, -0.05) is 0 Å². The predicted molar refractivity (Wildman–Crippen MR) is 76.1 cm³/mol. The van der Waals surface area contributed by atoms with E-state index in [-0.39, 0.29) is 5.82 Å². The Morgan fingerprint density at radius 2 is 1.95 bits per heavy atom. The van der Waals surface area contributed by atoms with Crippen LogP contribution in [0.15, 0.2) is 18.2 Å². The summed E-state index contributed by atoms with van der Waals surface area (Å²) in [6, 6.07) is 6.52. The first kappa shape index (κ1) is 14.8. The highest BCUT2D eigenvalue weighted by Crippen LogP contribution is 2.22. The van der Waals surface area contributed by atoms with Crippen LogP contribution >= 0.6 is 0 Å². The van der Waals surface area contributed by atoms with Crippen LogP contribution in [-0.4, -0.2) is 48.3 Å². The molecule has 1 fully saturated rings. The third-order valence-electron chi connectivity index (χ3n) is 3.40. The van der Waals surface area contributed by atoms with Gasteiger partial charge >= 0.3 is 0 Å². The molecule has 1 aromatic carbocycles. The van der Waals surface area contributed by atoms with Crippen molar-refractivity contribution in [2.75, 3.05) is 37.6 Å². The summed E-state index contributed by atoms with van der Waals surface area (Å²) in [5, 5.41) is 18.6. The molecule has 0 radical (unpaired) electrons. The molecule has 2 rings (SSSR count). The summed E-state index contributed by atoms with van der Waals surface area (Å²) in [5.74, 6) is -0.347. The Morgan fingerprint density at radius 1 is 1.30 bits per heavy atom. The zero-order valence-electron chi connectivity index (χ0n) is 11.9. The molecule has 1 aliphatic heterocycles. The third-order valence-corrected chi connectivity index (χ3v) is 3.40. The summed E-state index contributed by atoms with van der Waals surface area (Å²) in [7, 11) is 0. The number of rotatable bonds is 3. The topological polar surface area (TPSA) is 50.5 Å². The molecule has 1 saturated heterocycles. The lowest BCUT2D eigenvalue weighted by Crippen LogP contribution is -2.50. The van der Waals surface area contributed by atoms with Crippen molar-refractivity contribution >= 4 is 5.69 Å². The number of hydrogen-bond donors (Lipinski definition) is 1. The molecular weight excluding hydrogens is 257 g/mol. The van der Waals surface area contributed by atoms with E-state index in [4.69, 9.17) is 5.26 Å². The number of halogens is 1. The van der Waals surface area contributed by atoms with Gasteiger partial charge in [-0.25, -0.2) is 4.39 Å². The summed E-state index contributed by atoms with van der Waals surface area (Å²) >= 11 is 0. The molecule has 0 atom stereocenters. The fourth-order valence-electron chi connectivity index (χ4n) is 2.53. The van der Waals surface area contributed by atoms with Crippen LogP contribution in [0.1, 0.15) is 19.4 Å². The molecule has 0 aromatic heterocycles. The number of anilines is 1. The minimum Gasteiger partial charge on any atom is -0.389 e. The van der Waals surface area contributed by atoms with E-state index in [1.54, 1.807) is 26.0 Å². The average Bonchev–Trinajstić information content (AvgIpc) is 2.38. The SMILES string of the molecule is CC(C)(O)CN1CCN(c2ccc(C#N)cc2F)CC1. The van der Waals surface area contributed by atoms with E-state index in [9.17, 15) is 9.50 Å². The number of aliphatic hydroxyl groups is 1. The van der Waals surface area contributed by atoms with Gasteiger partial charge in [0.1, 0.15) is 5.82 Å². The van der Waals surface area contributed by atoms with Gasteiger partial charge in [-0.15, -0.1) is 0 Å². The van der Waals surface area contributed by atoms with Crippen LogP contribution in [0.3, 0.4) is 0 Å². The lowest BCUT2D eigenvalue weighted by molar-refractivity contribution is 0.0344. The molecule has 1 N–H and O–H groups in total. The lowest BCUT2D eigenvalue weighted by atomic mass is 10.1. The highest BCUT2D eigenvalue weighted by Gasteiger charge is 2.23. The summed E-state index contributed by atoms with van der Waals surface area (Å²) in [6.07, 6.45) is 0. The van der Waals surface area contributed by atoms with Crippen LogP contribution in [0.4, 0.5) is 10.1 Å². The van der Waals surface area contributed by atoms with Crippen LogP contribution < -0.4 is 4.90 Å². The second-order valence-corrected chi connectivity index (χ2v) is 5.85. The van der Waals surface area contributed by atoms with Gasteiger partial charge < -0.3 is 10.0 Å². The summed E-state index contributed by atoms with van der Waals surface area (Å²) in [6.45, 7) is 7.24. The first-order chi connectivity index (χ1) is 9.39. The van der Waals surface area contributed by atoms with Crippen molar-refractivity contribution in [3.63, 3.8) is 0 Å². The van der Waals surface area contributed by atoms with E-state index < -0.39 is 5.60 Å². The van der Waals surface area contributed by atoms with Crippen molar-refractivity contribution in [1.82, 2.24) is 4.90 Å². The van der Waals surface area contributed by atoms with Crippen molar-refractivity contribution < 1.29 is 9.50 Å². The molecular formula is C15H20FN3O. The molecule has 1 aliphatic rings. The molecule has 1 aromatic rings. The van der Waals surface area contributed by atoms with Crippen molar-refractivity contribution in [3.8, 4) is 6.07 Å². The van der Waals surface area contributed by atoms with Crippen LogP contribution in [0.5, 0.6) is 0 Å². The molecule has 0 bridgehead atoms. The number of hydrogen-bond acceptors (Lipinski definition) is 4. The van der Waals surface area contributed by atoms with Crippen molar-refractivity contribution in [2.24, 2.45) is 0 Å². The monoisotopic (exact) mass is 277 g/mol. The highest BCUT2D eigenvalue weighted by molar-refractivity contribution is 5.51. The van der Waals surface area contributed by atoms with Gasteiger partial charge in [0.05, 0.1) is 22.9 Å². The van der Waals surface area contributed by atoms with Gasteiger partial charge in [0.2, 0.25) is 0 Å². The Labute approximate surface area is 119 Å². The number of benzene rings is 1. The van der Waals surface area contributed by atoms with Crippen molar-refractivity contribution in [1.29, 1.82) is 5.26 Å². The first-order valence-corrected chi connectivity index (χ1v) is 6.78. The Morgan fingerprint density at radius 3 is 2.45 bits per heavy atom. The van der Waals surface area contributed by atoms with E-state index in [1.807, 2.05) is 11.0 Å². The van der Waals surface area contributed by atoms with Gasteiger partial charge in [0.15, 0.2) is 0 Å². The third kappa shape index (κ3) is 3.69. The van der Waals surface area contributed by atoms with Crippen LogP contribution in [-0.2, 0) is 0 Å². The Balaban J connectivity index is 1.99. The lowest BCUT2D eigenvalue weighted by Gasteiger charge is -2.38. The maximum atomic E-state index is 13.9. The maximum absolute atomic E-state index is 13.9. The summed E-state index contributed by atoms with van der Waals surface area (Å²) in [5.41, 5.74) is 0.181. The van der Waals surface area contributed by atoms with Gasteiger partial charge in [-0.05, 0) is 32.0 Å². The van der Waals surface area contributed by atoms with Gasteiger partial charge in [-0.3, -0.25) is 4.90 Å². The molecule has 5 heteroatoms. The Bertz CT molecular complexity index is 511. The largest absolute Gasteiger partial charge is 0.389 e. The maximum Gasteiger partial charge on any atom is 0.147 e. The van der Waals surface area contributed by atoms with Crippen LogP contribution in [0.2, 0.25) is 0 Å². The zero-order valence-corrected chi connectivity index (χ0v) is 11.9. The molecule has 0 amide bonds. The molecule has 0 spiro atoms. The standard InChI is InChI=1S/C15H20FN3O/c1-15(2,20)11-18-5-7-19(8-6-18)14-4-3-12(10-17)9-13(14)16/h3-4,9,20H,5-8,11H2,1-2H3. The fourth-order valence-corrected chi connectivity index (χ4v) is 2.53. The van der Waals surface area contributed by atoms with E-state index in [0.29, 0.717) is 17.8 Å². The smallest absolute Gasteiger partial charge is 0.147 e. The van der Waals surface area contributed by atoms with Crippen LogP contribution in [0, 0.1) is 17.1 Å². The fraction of sp³-hybridized carbons (Fsp3) is 0.533. The highest BCUT2D eigenvalue weighted by atomic mass is 19.1. The molecule has 0 aliphatic carbocycles. The molecule has 20 heavy (non-hydrogen) atoms. The number of nitriles is 1. The second kappa shape index (κ2) is 5.78. The summed E-state index contributed by atoms with van der Waals surface area (Å²) < 4.78 is 13.9. The van der Waals surface area contributed by atoms with E-state index in [1.165, 1.54) is 6.07 Å². The molecule has 0 saturated carbocycles. The predicted octanol–water partition coefficient (Wildman–Crippen LogP) is 1.59. The van der Waals surface area contributed by atoms with Gasteiger partial charge in [-0.2, -0.15) is 5.26 Å². The Hall–Kier alpha value is -1.64. The summed E-state index contributed by atoms with van der Waals surface area (Å²) in [4.78, 5) is 4.16. The number of β-amino-alcohol motifs (C(OH)–C–C–N with tert-alkyl or cyclic N) is 1. The van der Waals surface area contributed by atoms with Crippen molar-refractivity contribution in [3.05, 3.63) is 29.6 Å². The number of nitrogens with zero attached hydrogens (tertiary/aromatic N) is 3. The second-order valence-electron chi connectivity index (χ2n) is 5.85. The normalized spacial score (nSPS) is 17.1. The first-order valence-electron chi connectivity index (χ1n) is 6.78. The Kier molecular flexibility index (Phi) is 4.26. The van der Waals surface area contributed by atoms with Gasteiger partial charge in [0, 0.05) is 32.7 Å². The molecule has 4 nitrogen and oxygen atoms in total. The minimum atomic E-state index is -0.706. The molecule has 0 unspecified atom stereocenters. The van der Waals surface area contributed by atoms with E-state index >= 15 is 0 Å².